The molecular weight excluding hydrogens is 156 g/mol. The van der Waals surface area contributed by atoms with Crippen LogP contribution >= 0.6 is 0 Å². The highest BCUT2D eigenvalue weighted by Gasteiger charge is 1.77. The average molecular weight is 178 g/mol. The lowest BCUT2D eigenvalue weighted by molar-refractivity contribution is 1.50. The molecule has 0 radical (unpaired) electrons. The summed E-state index contributed by atoms with van der Waals surface area (Å²) >= 11 is 0. The minimum atomic E-state index is 0. The van der Waals surface area contributed by atoms with Crippen molar-refractivity contribution < 1.29 is 0 Å². The molecule has 0 aliphatic heterocycles. The summed E-state index contributed by atoms with van der Waals surface area (Å²) in [5.74, 6) is 0. The molecule has 0 atom stereocenters. The molecule has 0 saturated carbocycles. The fourth-order valence-corrected chi connectivity index (χ4v) is 1.04. The van der Waals surface area contributed by atoms with Gasteiger partial charge < -0.3 is 0 Å². The molecule has 0 amide bonds. The molecule has 0 saturated heterocycles. The highest BCUT2D eigenvalue weighted by Crippen LogP contribution is 1.71. The van der Waals surface area contributed by atoms with Crippen LogP contribution in [0.3, 0.4) is 0 Å². The smallest absolute Gasteiger partial charge is 0.0230 e. The fourth-order valence-electron chi connectivity index (χ4n) is 1.04. The summed E-state index contributed by atoms with van der Waals surface area (Å²) in [6.07, 6.45) is 4.24. The quantitative estimate of drug-likeness (QED) is 0.573. The van der Waals surface area contributed by atoms with E-state index < -0.39 is 0 Å². The second kappa shape index (κ2) is 9.05. The van der Waals surface area contributed by atoms with Gasteiger partial charge in [0.05, 0.1) is 0 Å². The molecule has 0 bridgehead atoms. The molecule has 0 spiro atoms. The zero-order valence-corrected chi connectivity index (χ0v) is 8.46. The van der Waals surface area contributed by atoms with E-state index in [4.69, 9.17) is 0 Å². The maximum Gasteiger partial charge on any atom is -0.0230 e. The second-order valence-corrected chi connectivity index (χ2v) is 2.21. The number of hydrogen-bond donors (Lipinski definition) is 0. The van der Waals surface area contributed by atoms with Crippen LogP contribution in [0.25, 0.3) is 12.2 Å². The van der Waals surface area contributed by atoms with E-state index in [0.29, 0.717) is 0 Å². The topological polar surface area (TPSA) is 0 Å². The van der Waals surface area contributed by atoms with Crippen LogP contribution in [0.4, 0.5) is 0 Å². The maximum absolute atomic E-state index is 2.12. The van der Waals surface area contributed by atoms with Crippen molar-refractivity contribution in [2.45, 2.75) is 35.1 Å². The first-order valence-electron chi connectivity index (χ1n) is 4.56. The van der Waals surface area contributed by atoms with Crippen molar-refractivity contribution in [3.63, 3.8) is 0 Å². The minimum Gasteiger partial charge on any atom is -0.0798 e. The lowest BCUT2D eigenvalue weighted by Crippen LogP contribution is -2.22. The van der Waals surface area contributed by atoms with Crippen molar-refractivity contribution in [2.75, 3.05) is 0 Å². The first-order chi connectivity index (χ1) is 5.88. The highest BCUT2D eigenvalue weighted by molar-refractivity contribution is 5.28. The molecule has 0 aliphatic rings. The predicted molar refractivity (Wildman–Crippen MR) is 64.0 cm³/mol. The number of rotatable bonds is 0. The average Bonchev–Trinajstić information content (AvgIpc) is 2.20. The van der Waals surface area contributed by atoms with Gasteiger partial charge >= 0.3 is 0 Å². The molecular formula is C13H22. The third kappa shape index (κ3) is 4.51. The third-order valence-electron chi connectivity index (χ3n) is 1.62. The molecule has 1 aromatic rings. The molecule has 13 heavy (non-hydrogen) atoms. The van der Waals surface area contributed by atoms with Crippen LogP contribution in [0.15, 0.2) is 24.3 Å². The minimum absolute atomic E-state index is 0. The van der Waals surface area contributed by atoms with Gasteiger partial charge in [-0.15, -0.1) is 0 Å². The molecule has 0 aromatic heterocycles. The summed E-state index contributed by atoms with van der Waals surface area (Å²) < 4.78 is 0. The summed E-state index contributed by atoms with van der Waals surface area (Å²) in [6.45, 7) is 8.12. The fraction of sp³-hybridized carbons (Fsp3) is 0.385. The Labute approximate surface area is 82.6 Å². The lowest BCUT2D eigenvalue weighted by atomic mass is 10.2. The summed E-state index contributed by atoms with van der Waals surface area (Å²) in [7, 11) is 0. The van der Waals surface area contributed by atoms with Crippen LogP contribution in [0, 0.1) is 0 Å². The first kappa shape index (κ1) is 14.5. The molecule has 0 fully saturated rings. The standard InChI is InChI=1S/C10H12.C2H6.CH4/c1-3-9-7-5-6-8-10(9)4-2;1-2;/h3-8H,1-2H3;1-2H3;1H4/b9-3-,10-4-;;. The predicted octanol–water partition coefficient (Wildman–Crippen LogP) is 2.95. The summed E-state index contributed by atoms with van der Waals surface area (Å²) in [4.78, 5) is 0. The van der Waals surface area contributed by atoms with Crippen molar-refractivity contribution >= 4 is 12.2 Å². The van der Waals surface area contributed by atoms with E-state index in [1.165, 1.54) is 10.4 Å². The van der Waals surface area contributed by atoms with Crippen LogP contribution < -0.4 is 10.4 Å². The molecule has 0 nitrogen and oxygen atoms in total. The van der Waals surface area contributed by atoms with Crippen molar-refractivity contribution in [3.05, 3.63) is 34.7 Å². The molecule has 1 aromatic carbocycles. The van der Waals surface area contributed by atoms with Crippen molar-refractivity contribution in [2.24, 2.45) is 0 Å². The van der Waals surface area contributed by atoms with Gasteiger partial charge in [-0.2, -0.15) is 0 Å². The zero-order valence-electron chi connectivity index (χ0n) is 8.46. The van der Waals surface area contributed by atoms with Crippen molar-refractivity contribution in [1.82, 2.24) is 0 Å². The summed E-state index contributed by atoms with van der Waals surface area (Å²) in [5.41, 5.74) is 0. The van der Waals surface area contributed by atoms with Gasteiger partial charge in [0.2, 0.25) is 0 Å². The van der Waals surface area contributed by atoms with E-state index in [0.717, 1.165) is 0 Å². The van der Waals surface area contributed by atoms with Gasteiger partial charge in [0.15, 0.2) is 0 Å². The van der Waals surface area contributed by atoms with Crippen LogP contribution in [0.1, 0.15) is 35.1 Å². The van der Waals surface area contributed by atoms with Gasteiger partial charge in [0.1, 0.15) is 0 Å². The van der Waals surface area contributed by atoms with E-state index in [1.54, 1.807) is 0 Å². The van der Waals surface area contributed by atoms with E-state index in [1.807, 2.05) is 13.8 Å². The molecule has 0 N–H and O–H groups in total. The Morgan fingerprint density at radius 3 is 1.38 bits per heavy atom. The van der Waals surface area contributed by atoms with Crippen LogP contribution in [-0.2, 0) is 0 Å². The Kier molecular flexibility index (Phi) is 10.1. The van der Waals surface area contributed by atoms with Crippen molar-refractivity contribution in [3.8, 4) is 0 Å². The van der Waals surface area contributed by atoms with Gasteiger partial charge in [-0.1, -0.05) is 57.7 Å². The molecule has 0 heteroatoms. The molecule has 0 aliphatic carbocycles. The second-order valence-electron chi connectivity index (χ2n) is 2.21. The van der Waals surface area contributed by atoms with Gasteiger partial charge in [0.25, 0.3) is 0 Å². The van der Waals surface area contributed by atoms with E-state index >= 15 is 0 Å². The van der Waals surface area contributed by atoms with Crippen LogP contribution in [-0.4, -0.2) is 0 Å². The van der Waals surface area contributed by atoms with Crippen molar-refractivity contribution in [1.29, 1.82) is 0 Å². The number of benzene rings is 1. The zero-order chi connectivity index (χ0) is 9.40. The van der Waals surface area contributed by atoms with E-state index in [2.05, 4.69) is 50.3 Å². The van der Waals surface area contributed by atoms with Gasteiger partial charge in [0, 0.05) is 0 Å². The monoisotopic (exact) mass is 178 g/mol. The largest absolute Gasteiger partial charge is 0.0798 e. The Hall–Kier alpha value is -1.04. The first-order valence-corrected chi connectivity index (χ1v) is 4.56. The molecule has 0 heterocycles. The van der Waals surface area contributed by atoms with Gasteiger partial charge in [-0.25, -0.2) is 0 Å². The normalized spacial score (nSPS) is 11.4. The molecule has 74 valence electrons. The highest BCUT2D eigenvalue weighted by atomic mass is 13.8. The number of hydrogen-bond acceptors (Lipinski definition) is 0. The van der Waals surface area contributed by atoms with E-state index in [-0.39, 0.29) is 7.43 Å². The molecule has 0 unspecified atom stereocenters. The Morgan fingerprint density at radius 1 is 0.846 bits per heavy atom. The van der Waals surface area contributed by atoms with Gasteiger partial charge in [-0.05, 0) is 24.3 Å². The Morgan fingerprint density at radius 2 is 1.15 bits per heavy atom. The lowest BCUT2D eigenvalue weighted by Gasteiger charge is -1.85. The summed E-state index contributed by atoms with van der Waals surface area (Å²) in [5, 5.41) is 2.62. The summed E-state index contributed by atoms with van der Waals surface area (Å²) in [6, 6.07) is 8.36. The SMILES string of the molecule is C.C/C=c1/cccc/c1=C/C.CC. The third-order valence-corrected chi connectivity index (χ3v) is 1.62. The van der Waals surface area contributed by atoms with Crippen LogP contribution in [0.5, 0.6) is 0 Å². The van der Waals surface area contributed by atoms with Gasteiger partial charge in [-0.3, -0.25) is 0 Å². The Bertz CT molecular complexity index is 274. The molecule has 1 rings (SSSR count). The van der Waals surface area contributed by atoms with E-state index in [9.17, 15) is 0 Å². The maximum atomic E-state index is 2.12. The Balaban J connectivity index is 0. The van der Waals surface area contributed by atoms with Crippen LogP contribution in [0.2, 0.25) is 0 Å².